The van der Waals surface area contributed by atoms with Gasteiger partial charge in [0, 0.05) is 38.0 Å². The van der Waals surface area contributed by atoms with E-state index in [1.165, 1.54) is 0 Å². The second kappa shape index (κ2) is 4.28. The molecule has 1 unspecified atom stereocenters. The summed E-state index contributed by atoms with van der Waals surface area (Å²) in [6, 6.07) is 0. The zero-order valence-corrected chi connectivity index (χ0v) is 8.32. The molecule has 0 aromatic heterocycles. The van der Waals surface area contributed by atoms with E-state index in [2.05, 4.69) is 0 Å². The van der Waals surface area contributed by atoms with E-state index >= 15 is 0 Å². The van der Waals surface area contributed by atoms with Gasteiger partial charge in [-0.15, -0.1) is 0 Å². The fraction of sp³-hybridized carbons (Fsp3) is 0.900. The second-order valence-electron chi connectivity index (χ2n) is 4.28. The van der Waals surface area contributed by atoms with Crippen LogP contribution in [0.25, 0.3) is 0 Å². The largest absolute Gasteiger partial charge is 0.396 e. The lowest BCUT2D eigenvalue weighted by molar-refractivity contribution is -0.135. The Hall–Kier alpha value is -0.610. The zero-order chi connectivity index (χ0) is 9.97. The number of likely N-dealkylation sites (tertiary alicyclic amines) is 1. The number of hydrogen-bond donors (Lipinski definition) is 1. The smallest absolute Gasteiger partial charge is 0.223 e. The summed E-state index contributed by atoms with van der Waals surface area (Å²) in [4.78, 5) is 13.6. The van der Waals surface area contributed by atoms with Gasteiger partial charge in [-0.3, -0.25) is 4.79 Å². The van der Waals surface area contributed by atoms with Gasteiger partial charge in [0.1, 0.15) is 0 Å². The Morgan fingerprint density at radius 1 is 1.43 bits per heavy atom. The molecule has 0 spiro atoms. The molecular formula is C10H17NO3. The summed E-state index contributed by atoms with van der Waals surface area (Å²) in [5.74, 6) is 0.974. The maximum absolute atomic E-state index is 11.7. The third-order valence-electron chi connectivity index (χ3n) is 3.07. The van der Waals surface area contributed by atoms with E-state index in [9.17, 15) is 4.79 Å². The van der Waals surface area contributed by atoms with Crippen molar-refractivity contribution in [3.63, 3.8) is 0 Å². The number of carbonyl (C=O) groups is 1. The van der Waals surface area contributed by atoms with Gasteiger partial charge in [-0.05, 0) is 6.42 Å². The monoisotopic (exact) mass is 199 g/mol. The highest BCUT2D eigenvalue weighted by Crippen LogP contribution is 2.20. The molecule has 2 aliphatic rings. The molecule has 0 aliphatic carbocycles. The summed E-state index contributed by atoms with van der Waals surface area (Å²) in [6.07, 6.45) is 1.57. The minimum atomic E-state index is 0.205. The molecule has 1 atom stereocenters. The van der Waals surface area contributed by atoms with Crippen LogP contribution in [0.5, 0.6) is 0 Å². The molecule has 2 saturated heterocycles. The van der Waals surface area contributed by atoms with Gasteiger partial charge in [0.05, 0.1) is 13.2 Å². The number of nitrogens with zero attached hydrogens (tertiary/aromatic N) is 1. The molecule has 80 valence electrons. The average Bonchev–Trinajstić information content (AvgIpc) is 2.59. The summed E-state index contributed by atoms with van der Waals surface area (Å²) in [7, 11) is 0. The molecule has 2 heterocycles. The van der Waals surface area contributed by atoms with Crippen LogP contribution in [0.3, 0.4) is 0 Å². The third kappa shape index (κ3) is 2.07. The number of hydrogen-bond acceptors (Lipinski definition) is 3. The predicted molar refractivity (Wildman–Crippen MR) is 50.7 cm³/mol. The van der Waals surface area contributed by atoms with Crippen LogP contribution in [0.2, 0.25) is 0 Å². The topological polar surface area (TPSA) is 49.8 Å². The van der Waals surface area contributed by atoms with Crippen LogP contribution in [0.15, 0.2) is 0 Å². The molecule has 4 nitrogen and oxygen atoms in total. The lowest BCUT2D eigenvalue weighted by Crippen LogP contribution is -2.36. The van der Waals surface area contributed by atoms with Crippen molar-refractivity contribution in [2.45, 2.75) is 12.8 Å². The van der Waals surface area contributed by atoms with Crippen LogP contribution < -0.4 is 0 Å². The van der Waals surface area contributed by atoms with E-state index in [-0.39, 0.29) is 12.5 Å². The summed E-state index contributed by atoms with van der Waals surface area (Å²) >= 11 is 0. The first-order chi connectivity index (χ1) is 6.79. The van der Waals surface area contributed by atoms with E-state index in [0.29, 0.717) is 18.3 Å². The highest BCUT2D eigenvalue weighted by molar-refractivity contribution is 5.76. The first kappa shape index (κ1) is 9.93. The number of aliphatic hydroxyl groups excluding tert-OH is 1. The fourth-order valence-corrected chi connectivity index (χ4v) is 1.99. The number of rotatable bonds is 3. The Morgan fingerprint density at radius 2 is 2.21 bits per heavy atom. The van der Waals surface area contributed by atoms with Crippen LogP contribution in [0, 0.1) is 11.8 Å². The second-order valence-corrected chi connectivity index (χ2v) is 4.28. The molecule has 2 aliphatic heterocycles. The number of carbonyl (C=O) groups excluding carboxylic acids is 1. The fourth-order valence-electron chi connectivity index (χ4n) is 1.99. The van der Waals surface area contributed by atoms with Crippen LogP contribution >= 0.6 is 0 Å². The van der Waals surface area contributed by atoms with Crippen molar-refractivity contribution < 1.29 is 14.6 Å². The molecule has 2 rings (SSSR count). The lowest BCUT2D eigenvalue weighted by Gasteiger charge is -2.27. The molecule has 2 fully saturated rings. The van der Waals surface area contributed by atoms with Gasteiger partial charge in [0.15, 0.2) is 0 Å². The SMILES string of the molecule is O=C(CC1COC1)N1CCC(CO)C1. The van der Waals surface area contributed by atoms with Gasteiger partial charge < -0.3 is 14.7 Å². The van der Waals surface area contributed by atoms with Gasteiger partial charge in [0.2, 0.25) is 5.91 Å². The van der Waals surface area contributed by atoms with Crippen molar-refractivity contribution in [2.24, 2.45) is 11.8 Å². The van der Waals surface area contributed by atoms with Crippen LogP contribution in [-0.4, -0.2) is 48.8 Å². The van der Waals surface area contributed by atoms with E-state index in [1.807, 2.05) is 4.90 Å². The number of aliphatic hydroxyl groups is 1. The summed E-state index contributed by atoms with van der Waals surface area (Å²) in [5, 5.41) is 8.95. The quantitative estimate of drug-likeness (QED) is 0.688. The highest BCUT2D eigenvalue weighted by atomic mass is 16.5. The number of amides is 1. The lowest BCUT2D eigenvalue weighted by atomic mass is 10.0. The Balaban J connectivity index is 1.74. The van der Waals surface area contributed by atoms with Crippen molar-refractivity contribution in [3.8, 4) is 0 Å². The molecule has 1 N–H and O–H groups in total. The molecule has 4 heteroatoms. The van der Waals surface area contributed by atoms with Gasteiger partial charge in [-0.2, -0.15) is 0 Å². The maximum Gasteiger partial charge on any atom is 0.223 e. The van der Waals surface area contributed by atoms with E-state index in [1.54, 1.807) is 0 Å². The Bertz CT molecular complexity index is 215. The van der Waals surface area contributed by atoms with E-state index in [4.69, 9.17) is 9.84 Å². The Kier molecular flexibility index (Phi) is 3.03. The third-order valence-corrected chi connectivity index (χ3v) is 3.07. The Morgan fingerprint density at radius 3 is 2.71 bits per heavy atom. The minimum absolute atomic E-state index is 0.205. The van der Waals surface area contributed by atoms with E-state index in [0.717, 1.165) is 32.7 Å². The van der Waals surface area contributed by atoms with Gasteiger partial charge in [0.25, 0.3) is 0 Å². The first-order valence-corrected chi connectivity index (χ1v) is 5.26. The van der Waals surface area contributed by atoms with Crippen LogP contribution in [0.4, 0.5) is 0 Å². The molecule has 0 aromatic rings. The van der Waals surface area contributed by atoms with Crippen LogP contribution in [0.1, 0.15) is 12.8 Å². The normalized spacial score (nSPS) is 27.8. The first-order valence-electron chi connectivity index (χ1n) is 5.26. The molecule has 0 saturated carbocycles. The van der Waals surface area contributed by atoms with Gasteiger partial charge >= 0.3 is 0 Å². The predicted octanol–water partition coefficient (Wildman–Crippen LogP) is -0.136. The molecule has 1 amide bonds. The molecule has 0 radical (unpaired) electrons. The van der Waals surface area contributed by atoms with Crippen molar-refractivity contribution >= 4 is 5.91 Å². The molecule has 14 heavy (non-hydrogen) atoms. The summed E-state index contributed by atoms with van der Waals surface area (Å²) in [6.45, 7) is 3.24. The summed E-state index contributed by atoms with van der Waals surface area (Å²) in [5.41, 5.74) is 0. The van der Waals surface area contributed by atoms with Crippen LogP contribution in [-0.2, 0) is 9.53 Å². The molecular weight excluding hydrogens is 182 g/mol. The standard InChI is InChI=1S/C10H17NO3/c12-5-8-1-2-11(4-8)10(13)3-9-6-14-7-9/h8-9,12H,1-7H2. The van der Waals surface area contributed by atoms with E-state index < -0.39 is 0 Å². The summed E-state index contributed by atoms with van der Waals surface area (Å²) < 4.78 is 5.03. The van der Waals surface area contributed by atoms with Crippen molar-refractivity contribution in [1.29, 1.82) is 0 Å². The molecule has 0 bridgehead atoms. The minimum Gasteiger partial charge on any atom is -0.396 e. The van der Waals surface area contributed by atoms with Crippen molar-refractivity contribution in [1.82, 2.24) is 4.90 Å². The average molecular weight is 199 g/mol. The number of ether oxygens (including phenoxy) is 1. The van der Waals surface area contributed by atoms with Gasteiger partial charge in [-0.25, -0.2) is 0 Å². The zero-order valence-electron chi connectivity index (χ0n) is 8.32. The highest BCUT2D eigenvalue weighted by Gasteiger charge is 2.29. The van der Waals surface area contributed by atoms with Crippen molar-refractivity contribution in [3.05, 3.63) is 0 Å². The Labute approximate surface area is 83.8 Å². The maximum atomic E-state index is 11.7. The molecule has 0 aromatic carbocycles. The van der Waals surface area contributed by atoms with Crippen molar-refractivity contribution in [2.75, 3.05) is 32.9 Å². The van der Waals surface area contributed by atoms with Gasteiger partial charge in [-0.1, -0.05) is 0 Å².